The maximum atomic E-state index is 12.4. The Morgan fingerprint density at radius 3 is 2.59 bits per heavy atom. The van der Waals surface area contributed by atoms with E-state index in [-0.39, 0.29) is 5.91 Å². The zero-order valence-electron chi connectivity index (χ0n) is 12.9. The van der Waals surface area contributed by atoms with E-state index in [2.05, 4.69) is 22.4 Å². The van der Waals surface area contributed by atoms with Crippen molar-refractivity contribution in [3.05, 3.63) is 17.5 Å². The molecule has 1 aromatic heterocycles. The molecule has 2 aliphatic carbocycles. The number of H-pyrrole nitrogens is 1. The SMILES string of the molecule is CCC1CCC(NC(=O)c2cc(C3CC3)[nH]n2)(C(=O)O)CC1. The highest BCUT2D eigenvalue weighted by atomic mass is 16.4. The van der Waals surface area contributed by atoms with Crippen LogP contribution < -0.4 is 5.32 Å². The minimum Gasteiger partial charge on any atom is -0.480 e. The summed E-state index contributed by atoms with van der Waals surface area (Å²) < 4.78 is 0. The Morgan fingerprint density at radius 1 is 1.36 bits per heavy atom. The lowest BCUT2D eigenvalue weighted by atomic mass is 9.75. The number of carbonyl (C=O) groups is 2. The first-order chi connectivity index (χ1) is 10.5. The molecular weight excluding hydrogens is 282 g/mol. The molecule has 0 radical (unpaired) electrons. The lowest BCUT2D eigenvalue weighted by molar-refractivity contribution is -0.146. The number of aromatic amines is 1. The number of amides is 1. The van der Waals surface area contributed by atoms with Crippen LogP contribution in [0, 0.1) is 5.92 Å². The van der Waals surface area contributed by atoms with Crippen molar-refractivity contribution in [3.8, 4) is 0 Å². The van der Waals surface area contributed by atoms with Crippen molar-refractivity contribution in [1.82, 2.24) is 15.5 Å². The Bertz CT molecular complexity index is 569. The summed E-state index contributed by atoms with van der Waals surface area (Å²) in [6.07, 6.45) is 5.99. The summed E-state index contributed by atoms with van der Waals surface area (Å²) in [5, 5.41) is 19.3. The minimum atomic E-state index is -1.14. The molecule has 0 spiro atoms. The maximum absolute atomic E-state index is 12.4. The van der Waals surface area contributed by atoms with Gasteiger partial charge in [0.05, 0.1) is 0 Å². The zero-order valence-corrected chi connectivity index (χ0v) is 12.9. The molecule has 0 bridgehead atoms. The number of aliphatic carboxylic acids is 1. The van der Waals surface area contributed by atoms with Crippen LogP contribution in [-0.2, 0) is 4.79 Å². The van der Waals surface area contributed by atoms with Crippen LogP contribution in [0.3, 0.4) is 0 Å². The van der Waals surface area contributed by atoms with Gasteiger partial charge in [-0.15, -0.1) is 0 Å². The van der Waals surface area contributed by atoms with E-state index < -0.39 is 11.5 Å². The fourth-order valence-corrected chi connectivity index (χ4v) is 3.31. The second-order valence-corrected chi connectivity index (χ2v) is 6.68. The van der Waals surface area contributed by atoms with Crippen molar-refractivity contribution in [1.29, 1.82) is 0 Å². The average Bonchev–Trinajstić information content (AvgIpc) is 3.25. The van der Waals surface area contributed by atoms with Gasteiger partial charge in [-0.2, -0.15) is 5.10 Å². The number of hydrogen-bond acceptors (Lipinski definition) is 3. The van der Waals surface area contributed by atoms with E-state index in [1.165, 1.54) is 0 Å². The van der Waals surface area contributed by atoms with Crippen LogP contribution in [0.15, 0.2) is 6.07 Å². The molecule has 0 unspecified atom stereocenters. The number of carboxylic acids is 1. The molecule has 2 aliphatic rings. The first-order valence-corrected chi connectivity index (χ1v) is 8.15. The number of carboxylic acid groups (broad SMARTS) is 1. The molecule has 1 amide bonds. The third-order valence-electron chi connectivity index (χ3n) is 5.15. The molecule has 0 aromatic carbocycles. The number of nitrogens with zero attached hydrogens (tertiary/aromatic N) is 1. The second kappa shape index (κ2) is 5.74. The Kier molecular flexibility index (Phi) is 3.93. The maximum Gasteiger partial charge on any atom is 0.329 e. The molecular formula is C16H23N3O3. The molecule has 1 aromatic rings. The third kappa shape index (κ3) is 2.87. The van der Waals surface area contributed by atoms with Crippen molar-refractivity contribution in [2.75, 3.05) is 0 Å². The summed E-state index contributed by atoms with van der Waals surface area (Å²) in [5.74, 6) is -0.271. The predicted molar refractivity (Wildman–Crippen MR) is 80.6 cm³/mol. The number of nitrogens with one attached hydrogen (secondary N) is 2. The Labute approximate surface area is 129 Å². The van der Waals surface area contributed by atoms with Gasteiger partial charge in [-0.1, -0.05) is 13.3 Å². The van der Waals surface area contributed by atoms with Gasteiger partial charge in [-0.05, 0) is 50.5 Å². The van der Waals surface area contributed by atoms with Gasteiger partial charge < -0.3 is 10.4 Å². The van der Waals surface area contributed by atoms with Gasteiger partial charge in [-0.25, -0.2) is 4.79 Å². The number of carbonyl (C=O) groups excluding carboxylic acids is 1. The lowest BCUT2D eigenvalue weighted by Crippen LogP contribution is -2.56. The molecule has 6 heteroatoms. The van der Waals surface area contributed by atoms with Crippen molar-refractivity contribution < 1.29 is 14.7 Å². The van der Waals surface area contributed by atoms with Crippen molar-refractivity contribution >= 4 is 11.9 Å². The molecule has 0 atom stereocenters. The number of aromatic nitrogens is 2. The molecule has 2 fully saturated rings. The first kappa shape index (κ1) is 15.1. The van der Waals surface area contributed by atoms with E-state index >= 15 is 0 Å². The molecule has 0 saturated heterocycles. The normalized spacial score (nSPS) is 28.3. The summed E-state index contributed by atoms with van der Waals surface area (Å²) in [6, 6.07) is 1.75. The van der Waals surface area contributed by atoms with E-state index in [1.807, 2.05) is 0 Å². The van der Waals surface area contributed by atoms with Crippen molar-refractivity contribution in [2.24, 2.45) is 5.92 Å². The van der Waals surface area contributed by atoms with Crippen LogP contribution in [0.25, 0.3) is 0 Å². The van der Waals surface area contributed by atoms with Gasteiger partial charge in [0.15, 0.2) is 0 Å². The molecule has 0 aliphatic heterocycles. The van der Waals surface area contributed by atoms with Crippen LogP contribution >= 0.6 is 0 Å². The largest absolute Gasteiger partial charge is 0.480 e. The summed E-state index contributed by atoms with van der Waals surface area (Å²) in [4.78, 5) is 24.1. The van der Waals surface area contributed by atoms with Gasteiger partial charge in [0.1, 0.15) is 11.2 Å². The van der Waals surface area contributed by atoms with Gasteiger partial charge >= 0.3 is 5.97 Å². The highest BCUT2D eigenvalue weighted by Crippen LogP contribution is 2.39. The fraction of sp³-hybridized carbons (Fsp3) is 0.688. The van der Waals surface area contributed by atoms with Gasteiger partial charge in [-0.3, -0.25) is 9.89 Å². The number of rotatable bonds is 5. The van der Waals surface area contributed by atoms with E-state index in [9.17, 15) is 14.7 Å². The highest BCUT2D eigenvalue weighted by molar-refractivity contribution is 5.96. The Morgan fingerprint density at radius 2 is 2.05 bits per heavy atom. The van der Waals surface area contributed by atoms with Crippen molar-refractivity contribution in [3.63, 3.8) is 0 Å². The van der Waals surface area contributed by atoms with Gasteiger partial charge in [0, 0.05) is 11.6 Å². The molecule has 120 valence electrons. The zero-order chi connectivity index (χ0) is 15.7. The van der Waals surface area contributed by atoms with Crippen LogP contribution in [0.2, 0.25) is 0 Å². The van der Waals surface area contributed by atoms with Crippen LogP contribution in [0.1, 0.15) is 74.0 Å². The lowest BCUT2D eigenvalue weighted by Gasteiger charge is -2.37. The van der Waals surface area contributed by atoms with E-state index in [1.54, 1.807) is 6.07 Å². The first-order valence-electron chi connectivity index (χ1n) is 8.15. The molecule has 3 rings (SSSR count). The van der Waals surface area contributed by atoms with Gasteiger partial charge in [0.2, 0.25) is 0 Å². The van der Waals surface area contributed by atoms with E-state index in [0.29, 0.717) is 30.4 Å². The molecule has 6 nitrogen and oxygen atoms in total. The quantitative estimate of drug-likeness (QED) is 0.778. The average molecular weight is 305 g/mol. The summed E-state index contributed by atoms with van der Waals surface area (Å²) in [5.41, 5.74) is 0.130. The second-order valence-electron chi connectivity index (χ2n) is 6.68. The Balaban J connectivity index is 1.70. The highest BCUT2D eigenvalue weighted by Gasteiger charge is 2.43. The van der Waals surface area contributed by atoms with Crippen LogP contribution in [0.4, 0.5) is 0 Å². The standard InChI is InChI=1S/C16H23N3O3/c1-2-10-5-7-16(8-6-10,15(21)22)17-14(20)13-9-12(18-19-13)11-3-4-11/h9-11H,2-8H2,1H3,(H,17,20)(H,18,19)(H,21,22). The summed E-state index contributed by atoms with van der Waals surface area (Å²) in [7, 11) is 0. The fourth-order valence-electron chi connectivity index (χ4n) is 3.31. The van der Waals surface area contributed by atoms with Crippen LogP contribution in [-0.4, -0.2) is 32.7 Å². The summed E-state index contributed by atoms with van der Waals surface area (Å²) in [6.45, 7) is 2.13. The van der Waals surface area contributed by atoms with Gasteiger partial charge in [0.25, 0.3) is 5.91 Å². The third-order valence-corrected chi connectivity index (χ3v) is 5.15. The molecule has 3 N–H and O–H groups in total. The smallest absolute Gasteiger partial charge is 0.329 e. The monoisotopic (exact) mass is 305 g/mol. The van der Waals surface area contributed by atoms with Crippen LogP contribution in [0.5, 0.6) is 0 Å². The topological polar surface area (TPSA) is 95.1 Å². The molecule has 22 heavy (non-hydrogen) atoms. The molecule has 1 heterocycles. The van der Waals surface area contributed by atoms with E-state index in [0.717, 1.165) is 37.8 Å². The predicted octanol–water partition coefficient (Wildman–Crippen LogP) is 2.44. The number of hydrogen-bond donors (Lipinski definition) is 3. The Hall–Kier alpha value is -1.85. The summed E-state index contributed by atoms with van der Waals surface area (Å²) >= 11 is 0. The minimum absolute atomic E-state index is 0.292. The van der Waals surface area contributed by atoms with E-state index in [4.69, 9.17) is 0 Å². The molecule has 2 saturated carbocycles. The van der Waals surface area contributed by atoms with Crippen molar-refractivity contribution in [2.45, 2.75) is 63.3 Å².